The zero-order chi connectivity index (χ0) is 21.3. The van der Waals surface area contributed by atoms with Crippen LogP contribution in [-0.4, -0.2) is 24.5 Å². The number of imidazole rings is 1. The van der Waals surface area contributed by atoms with E-state index in [1.54, 1.807) is 12.4 Å². The average molecular weight is 411 g/mol. The number of nitrogens with one attached hydrogen (secondary N) is 1. The number of fused-ring (bicyclic) bond motifs is 2. The van der Waals surface area contributed by atoms with Gasteiger partial charge in [-0.25, -0.2) is 23.7 Å². The van der Waals surface area contributed by atoms with Gasteiger partial charge >= 0.3 is 0 Å². The van der Waals surface area contributed by atoms with Gasteiger partial charge in [-0.2, -0.15) is 0 Å². The number of rotatable bonds is 7. The maximum Gasteiger partial charge on any atom is 0.248 e. The van der Waals surface area contributed by atoms with Crippen LogP contribution in [0.15, 0.2) is 35.4 Å². The fraction of sp³-hybridized carbons (Fsp3) is 0.364. The van der Waals surface area contributed by atoms with Gasteiger partial charge in [-0.3, -0.25) is 4.79 Å². The molecule has 0 saturated carbocycles. The number of halogens is 2. The highest BCUT2D eigenvalue weighted by molar-refractivity contribution is 5.82. The van der Waals surface area contributed by atoms with Crippen molar-refractivity contribution in [3.8, 4) is 0 Å². The minimum atomic E-state index is -1.06. The Morgan fingerprint density at radius 2 is 1.97 bits per heavy atom. The monoisotopic (exact) mass is 411 g/mol. The number of aromatic amines is 1. The van der Waals surface area contributed by atoms with E-state index >= 15 is 0 Å². The third-order valence-electron chi connectivity index (χ3n) is 5.50. The standard InChI is InChI=1S/C22H23F2N5O/c1-3-5-6-13(4-2)21-28-20-22(26-10-9-25-20)29(21)12-14-11-17(30)27-19-15(14)7-8-16(23)18(19)24/h7-11,13H,3-6,12H2,1-2H3,(H,27,30). The Balaban J connectivity index is 1.89. The summed E-state index contributed by atoms with van der Waals surface area (Å²) in [7, 11) is 0. The van der Waals surface area contributed by atoms with Crippen molar-refractivity contribution < 1.29 is 8.78 Å². The molecule has 3 aromatic heterocycles. The molecule has 30 heavy (non-hydrogen) atoms. The zero-order valence-electron chi connectivity index (χ0n) is 17.0. The van der Waals surface area contributed by atoms with Crippen molar-refractivity contribution in [3.05, 3.63) is 64.0 Å². The Labute approximate surface area is 172 Å². The molecule has 156 valence electrons. The number of nitrogens with zero attached hydrogens (tertiary/aromatic N) is 4. The fourth-order valence-corrected chi connectivity index (χ4v) is 3.94. The van der Waals surface area contributed by atoms with E-state index in [1.165, 1.54) is 12.1 Å². The Morgan fingerprint density at radius 1 is 1.17 bits per heavy atom. The maximum absolute atomic E-state index is 14.3. The van der Waals surface area contributed by atoms with Crippen LogP contribution >= 0.6 is 0 Å². The van der Waals surface area contributed by atoms with Crippen molar-refractivity contribution in [2.75, 3.05) is 0 Å². The van der Waals surface area contributed by atoms with E-state index in [-0.39, 0.29) is 18.0 Å². The van der Waals surface area contributed by atoms with E-state index in [2.05, 4.69) is 28.8 Å². The Bertz CT molecular complexity index is 1260. The molecule has 4 rings (SSSR count). The molecule has 3 heterocycles. The molecule has 4 aromatic rings. The number of hydrogen-bond donors (Lipinski definition) is 1. The molecule has 0 radical (unpaired) electrons. The molecule has 8 heteroatoms. The largest absolute Gasteiger partial charge is 0.319 e. The predicted octanol–water partition coefficient (Wildman–Crippen LogP) is 4.68. The van der Waals surface area contributed by atoms with Gasteiger partial charge in [0.25, 0.3) is 0 Å². The van der Waals surface area contributed by atoms with Crippen LogP contribution in [0.1, 0.15) is 56.8 Å². The lowest BCUT2D eigenvalue weighted by molar-refractivity contribution is 0.514. The third kappa shape index (κ3) is 3.58. The molecule has 0 fully saturated rings. The molecule has 6 nitrogen and oxygen atoms in total. The molecule has 1 atom stereocenters. The topological polar surface area (TPSA) is 76.5 Å². The molecule has 1 N–H and O–H groups in total. The second-order valence-corrected chi connectivity index (χ2v) is 7.45. The average Bonchev–Trinajstić information content (AvgIpc) is 3.10. The van der Waals surface area contributed by atoms with Crippen molar-refractivity contribution in [3.63, 3.8) is 0 Å². The lowest BCUT2D eigenvalue weighted by Crippen LogP contribution is -2.14. The SMILES string of the molecule is CCCCC(CC)c1nc2nccnc2n1Cc1cc(=O)[nH]c2c(F)c(F)ccc12. The normalized spacial score (nSPS) is 12.7. The first-order valence-electron chi connectivity index (χ1n) is 10.2. The van der Waals surface area contributed by atoms with Gasteiger partial charge in [-0.05, 0) is 30.5 Å². The molecule has 0 aliphatic heterocycles. The van der Waals surface area contributed by atoms with E-state index in [4.69, 9.17) is 4.98 Å². The van der Waals surface area contributed by atoms with Gasteiger partial charge in [0.1, 0.15) is 5.82 Å². The first-order chi connectivity index (χ1) is 14.5. The molecule has 0 aliphatic carbocycles. The number of benzene rings is 1. The number of unbranched alkanes of at least 4 members (excludes halogenated alkanes) is 1. The van der Waals surface area contributed by atoms with E-state index in [1.807, 2.05) is 4.57 Å². The first-order valence-corrected chi connectivity index (χ1v) is 10.2. The van der Waals surface area contributed by atoms with Crippen molar-refractivity contribution in [2.24, 2.45) is 0 Å². The molecule has 1 aromatic carbocycles. The van der Waals surface area contributed by atoms with E-state index in [0.29, 0.717) is 22.2 Å². The summed E-state index contributed by atoms with van der Waals surface area (Å²) in [5, 5.41) is 0.451. The van der Waals surface area contributed by atoms with E-state index in [0.717, 1.165) is 37.6 Å². The van der Waals surface area contributed by atoms with Gasteiger partial charge in [0.15, 0.2) is 22.9 Å². The minimum absolute atomic E-state index is 0.132. The number of H-pyrrole nitrogens is 1. The quantitative estimate of drug-likeness (QED) is 0.479. The molecule has 0 bridgehead atoms. The summed E-state index contributed by atoms with van der Waals surface area (Å²) in [6.07, 6.45) is 7.22. The van der Waals surface area contributed by atoms with Gasteiger partial charge in [0.2, 0.25) is 5.56 Å². The lowest BCUT2D eigenvalue weighted by atomic mass is 9.98. The Kier molecular flexibility index (Phi) is 5.57. The Morgan fingerprint density at radius 3 is 2.73 bits per heavy atom. The van der Waals surface area contributed by atoms with Crippen LogP contribution < -0.4 is 5.56 Å². The number of hydrogen-bond acceptors (Lipinski definition) is 4. The van der Waals surface area contributed by atoms with Gasteiger partial charge in [0, 0.05) is 29.8 Å². The van der Waals surface area contributed by atoms with Crippen LogP contribution in [0, 0.1) is 11.6 Å². The second-order valence-electron chi connectivity index (χ2n) is 7.45. The van der Waals surface area contributed by atoms with Crippen LogP contribution in [-0.2, 0) is 6.54 Å². The molecular weight excluding hydrogens is 388 g/mol. The number of pyridine rings is 1. The summed E-state index contributed by atoms with van der Waals surface area (Å²) < 4.78 is 30.0. The van der Waals surface area contributed by atoms with E-state index < -0.39 is 17.2 Å². The van der Waals surface area contributed by atoms with Crippen LogP contribution in [0.3, 0.4) is 0 Å². The number of aromatic nitrogens is 5. The predicted molar refractivity (Wildman–Crippen MR) is 111 cm³/mol. The summed E-state index contributed by atoms with van der Waals surface area (Å²) in [5.74, 6) is -0.997. The highest BCUT2D eigenvalue weighted by Crippen LogP contribution is 2.29. The van der Waals surface area contributed by atoms with Gasteiger partial charge < -0.3 is 9.55 Å². The Hall–Kier alpha value is -3.16. The third-order valence-corrected chi connectivity index (χ3v) is 5.50. The zero-order valence-corrected chi connectivity index (χ0v) is 17.0. The van der Waals surface area contributed by atoms with Crippen molar-refractivity contribution >= 4 is 22.2 Å². The summed E-state index contributed by atoms with van der Waals surface area (Å²) in [5.41, 5.74) is 1.10. The van der Waals surface area contributed by atoms with Crippen LogP contribution in [0.5, 0.6) is 0 Å². The fourth-order valence-electron chi connectivity index (χ4n) is 3.94. The molecule has 0 aliphatic rings. The smallest absolute Gasteiger partial charge is 0.248 e. The van der Waals surface area contributed by atoms with Crippen molar-refractivity contribution in [1.29, 1.82) is 0 Å². The molecular formula is C22H23F2N5O. The summed E-state index contributed by atoms with van der Waals surface area (Å²) in [6, 6.07) is 3.97. The van der Waals surface area contributed by atoms with Crippen molar-refractivity contribution in [1.82, 2.24) is 24.5 Å². The highest BCUT2D eigenvalue weighted by atomic mass is 19.2. The first kappa shape index (κ1) is 20.1. The molecule has 0 amide bonds. The molecule has 0 saturated heterocycles. The van der Waals surface area contributed by atoms with Gasteiger partial charge in [0.05, 0.1) is 12.1 Å². The van der Waals surface area contributed by atoms with Gasteiger partial charge in [-0.1, -0.05) is 26.7 Å². The summed E-state index contributed by atoms with van der Waals surface area (Å²) in [4.78, 5) is 28.1. The van der Waals surface area contributed by atoms with Crippen LogP contribution in [0.25, 0.3) is 22.2 Å². The summed E-state index contributed by atoms with van der Waals surface area (Å²) in [6.45, 7) is 4.53. The summed E-state index contributed by atoms with van der Waals surface area (Å²) >= 11 is 0. The van der Waals surface area contributed by atoms with Crippen LogP contribution in [0.2, 0.25) is 0 Å². The molecule has 1 unspecified atom stereocenters. The minimum Gasteiger partial charge on any atom is -0.319 e. The van der Waals surface area contributed by atoms with Crippen LogP contribution in [0.4, 0.5) is 8.78 Å². The second kappa shape index (κ2) is 8.30. The maximum atomic E-state index is 14.3. The van der Waals surface area contributed by atoms with Crippen molar-refractivity contribution in [2.45, 2.75) is 52.0 Å². The van der Waals surface area contributed by atoms with Gasteiger partial charge in [-0.15, -0.1) is 0 Å². The lowest BCUT2D eigenvalue weighted by Gasteiger charge is -2.17. The van der Waals surface area contributed by atoms with E-state index in [9.17, 15) is 13.6 Å². The highest BCUT2D eigenvalue weighted by Gasteiger charge is 2.21. The molecule has 0 spiro atoms.